The lowest BCUT2D eigenvalue weighted by Crippen LogP contribution is -2.02. The van der Waals surface area contributed by atoms with Crippen molar-refractivity contribution in [3.05, 3.63) is 64.3 Å². The molecule has 0 aliphatic carbocycles. The molecular formula is C26H37ClN2O2. The van der Waals surface area contributed by atoms with Crippen LogP contribution in [0.2, 0.25) is 5.02 Å². The van der Waals surface area contributed by atoms with Crippen molar-refractivity contribution in [1.82, 2.24) is 4.57 Å². The van der Waals surface area contributed by atoms with Gasteiger partial charge < -0.3 is 15.4 Å². The quantitative estimate of drug-likeness (QED) is 0.408. The summed E-state index contributed by atoms with van der Waals surface area (Å²) in [6.45, 7) is 11.7. The van der Waals surface area contributed by atoms with Crippen LogP contribution >= 0.6 is 11.6 Å². The smallest absolute Gasteiger partial charge is 0.204 e. The normalized spacial score (nSPS) is 10.3. The Kier molecular flexibility index (Phi) is 11.8. The van der Waals surface area contributed by atoms with Crippen LogP contribution in [-0.4, -0.2) is 16.1 Å². The van der Waals surface area contributed by atoms with E-state index < -0.39 is 0 Å². The summed E-state index contributed by atoms with van der Waals surface area (Å²) in [6.07, 6.45) is 5.09. The summed E-state index contributed by atoms with van der Waals surface area (Å²) in [6, 6.07) is 13.6. The van der Waals surface area contributed by atoms with E-state index in [4.69, 9.17) is 16.4 Å². The van der Waals surface area contributed by atoms with Crippen molar-refractivity contribution in [1.29, 1.82) is 0 Å². The summed E-state index contributed by atoms with van der Waals surface area (Å²) in [5, 5.41) is 12.0. The van der Waals surface area contributed by atoms with Crippen LogP contribution in [0.5, 0.6) is 5.75 Å². The largest absolute Gasteiger partial charge is 0.508 e. The Morgan fingerprint density at radius 3 is 2.29 bits per heavy atom. The minimum absolute atomic E-state index is 0.250. The lowest BCUT2D eigenvalue weighted by Gasteiger charge is -2.10. The minimum atomic E-state index is 0.250. The minimum Gasteiger partial charge on any atom is -0.508 e. The van der Waals surface area contributed by atoms with Crippen molar-refractivity contribution < 1.29 is 9.90 Å². The molecule has 2 aromatic carbocycles. The van der Waals surface area contributed by atoms with Crippen LogP contribution in [0, 0.1) is 12.8 Å². The second-order valence-corrected chi connectivity index (χ2v) is 8.45. The van der Waals surface area contributed by atoms with Crippen molar-refractivity contribution >= 4 is 28.9 Å². The second kappa shape index (κ2) is 13.8. The molecule has 0 fully saturated rings. The predicted octanol–water partition coefficient (Wildman–Crippen LogP) is 6.85. The summed E-state index contributed by atoms with van der Waals surface area (Å²) >= 11 is 6.19. The van der Waals surface area contributed by atoms with Gasteiger partial charge in [0.15, 0.2) is 0 Å². The molecule has 0 aliphatic heterocycles. The van der Waals surface area contributed by atoms with E-state index in [0.29, 0.717) is 12.3 Å². The molecule has 3 aromatic rings. The highest BCUT2D eigenvalue weighted by atomic mass is 35.5. The van der Waals surface area contributed by atoms with E-state index in [1.165, 1.54) is 35.0 Å². The number of aromatic hydroxyl groups is 1. The predicted molar refractivity (Wildman–Crippen MR) is 133 cm³/mol. The summed E-state index contributed by atoms with van der Waals surface area (Å²) in [5.74, 6) is 1.24. The van der Waals surface area contributed by atoms with Crippen molar-refractivity contribution in [2.75, 3.05) is 0 Å². The van der Waals surface area contributed by atoms with E-state index in [1.54, 1.807) is 6.07 Å². The number of carbonyl (C=O) groups is 1. The molecule has 5 heteroatoms. The number of hydrogen-bond donors (Lipinski definition) is 2. The molecule has 0 spiro atoms. The number of primary amides is 1. The number of fused-ring (bicyclic) bond motifs is 1. The van der Waals surface area contributed by atoms with E-state index in [1.807, 2.05) is 24.3 Å². The van der Waals surface area contributed by atoms with Crippen LogP contribution in [-0.2, 0) is 17.8 Å². The zero-order valence-corrected chi connectivity index (χ0v) is 20.2. The average molecular weight is 445 g/mol. The van der Waals surface area contributed by atoms with Crippen molar-refractivity contribution in [3.63, 3.8) is 0 Å². The summed E-state index contributed by atoms with van der Waals surface area (Å²) in [5.41, 5.74) is 8.88. The van der Waals surface area contributed by atoms with Gasteiger partial charge >= 0.3 is 0 Å². The number of nitrogens with two attached hydrogens (primary N) is 1. The number of halogens is 1. The molecule has 0 unspecified atom stereocenters. The molecule has 1 amide bonds. The molecular weight excluding hydrogens is 408 g/mol. The third kappa shape index (κ3) is 7.95. The fourth-order valence-electron chi connectivity index (χ4n) is 3.69. The van der Waals surface area contributed by atoms with Gasteiger partial charge in [0.05, 0.1) is 6.54 Å². The molecule has 3 rings (SSSR count). The molecule has 0 saturated carbocycles. The number of phenolic OH excluding ortho intramolecular Hbond substituents is 1. The van der Waals surface area contributed by atoms with Gasteiger partial charge in [-0.2, -0.15) is 0 Å². The molecule has 1 heterocycles. The van der Waals surface area contributed by atoms with Crippen molar-refractivity contribution in [2.24, 2.45) is 11.7 Å². The highest BCUT2D eigenvalue weighted by Crippen LogP contribution is 2.31. The fourth-order valence-corrected chi connectivity index (χ4v) is 3.86. The van der Waals surface area contributed by atoms with Gasteiger partial charge in [0.25, 0.3) is 0 Å². The van der Waals surface area contributed by atoms with Crippen molar-refractivity contribution in [2.45, 2.75) is 66.8 Å². The first-order valence-electron chi connectivity index (χ1n) is 11.0. The Bertz CT molecular complexity index is 948. The molecule has 0 atom stereocenters. The van der Waals surface area contributed by atoms with Crippen molar-refractivity contribution in [3.8, 4) is 5.75 Å². The molecule has 4 nitrogen and oxygen atoms in total. The van der Waals surface area contributed by atoms with Gasteiger partial charge in [-0.25, -0.2) is 0 Å². The van der Waals surface area contributed by atoms with Gasteiger partial charge in [0.2, 0.25) is 6.41 Å². The van der Waals surface area contributed by atoms with E-state index in [2.05, 4.69) is 57.1 Å². The number of phenols is 1. The number of para-hydroxylation sites is 1. The van der Waals surface area contributed by atoms with E-state index in [9.17, 15) is 5.11 Å². The summed E-state index contributed by atoms with van der Waals surface area (Å²) in [4.78, 5) is 8.58. The van der Waals surface area contributed by atoms with E-state index in [0.717, 1.165) is 29.3 Å². The molecule has 0 bridgehead atoms. The molecule has 0 saturated heterocycles. The van der Waals surface area contributed by atoms with Gasteiger partial charge in [-0.1, -0.05) is 76.8 Å². The van der Waals surface area contributed by atoms with Crippen LogP contribution < -0.4 is 5.73 Å². The number of benzene rings is 2. The first-order valence-corrected chi connectivity index (χ1v) is 11.4. The number of aromatic nitrogens is 1. The first-order chi connectivity index (χ1) is 14.8. The maximum absolute atomic E-state index is 10.1. The molecule has 0 radical (unpaired) electrons. The maximum Gasteiger partial charge on any atom is 0.204 e. The zero-order valence-electron chi connectivity index (χ0n) is 19.5. The number of rotatable bonds is 6. The van der Waals surface area contributed by atoms with Crippen LogP contribution in [0.1, 0.15) is 63.8 Å². The SMILES string of the molecule is CCCC(C)C.CCCc1c(C)n(Cc2ccccc2O)c2ccc(Cl)cc12.NC=O. The third-order valence-corrected chi connectivity index (χ3v) is 5.34. The Labute approximate surface area is 192 Å². The lowest BCUT2D eigenvalue weighted by atomic mass is 10.1. The maximum atomic E-state index is 10.1. The third-order valence-electron chi connectivity index (χ3n) is 5.10. The van der Waals surface area contributed by atoms with Crippen LogP contribution in [0.4, 0.5) is 0 Å². The summed E-state index contributed by atoms with van der Waals surface area (Å²) in [7, 11) is 0. The monoisotopic (exact) mass is 444 g/mol. The van der Waals surface area contributed by atoms with Gasteiger partial charge in [-0.15, -0.1) is 0 Å². The number of nitrogens with zero attached hydrogens (tertiary/aromatic N) is 1. The second-order valence-electron chi connectivity index (χ2n) is 8.01. The Morgan fingerprint density at radius 2 is 1.77 bits per heavy atom. The number of amides is 1. The molecule has 170 valence electrons. The average Bonchev–Trinajstić information content (AvgIpc) is 2.96. The molecule has 0 aliphatic rings. The van der Waals surface area contributed by atoms with Crippen LogP contribution in [0.3, 0.4) is 0 Å². The van der Waals surface area contributed by atoms with Gasteiger partial charge in [0.1, 0.15) is 5.75 Å². The lowest BCUT2D eigenvalue weighted by molar-refractivity contribution is -0.106. The number of carbonyl (C=O) groups excluding carboxylic acids is 1. The first kappa shape index (κ1) is 26.6. The standard InChI is InChI=1S/C19H20ClNO.C6H14.CH3NO/c1-3-6-16-13(2)21(12-14-7-4-5-8-19(14)22)18-10-9-15(20)11-17(16)18;1-4-5-6(2)3;2-1-3/h4-5,7-11,22H,3,6,12H2,1-2H3;6H,4-5H2,1-3H3;1H,(H2,2,3). The van der Waals surface area contributed by atoms with E-state index in [-0.39, 0.29) is 6.41 Å². The highest BCUT2D eigenvalue weighted by Gasteiger charge is 2.15. The summed E-state index contributed by atoms with van der Waals surface area (Å²) < 4.78 is 2.27. The Hall–Kier alpha value is -2.46. The fraction of sp³-hybridized carbons (Fsp3) is 0.423. The van der Waals surface area contributed by atoms with Gasteiger partial charge in [0, 0.05) is 27.2 Å². The Morgan fingerprint density at radius 1 is 1.13 bits per heavy atom. The van der Waals surface area contributed by atoms with Crippen LogP contribution in [0.25, 0.3) is 10.9 Å². The molecule has 1 aromatic heterocycles. The highest BCUT2D eigenvalue weighted by molar-refractivity contribution is 6.31. The topological polar surface area (TPSA) is 68.2 Å². The number of hydrogen-bond acceptors (Lipinski definition) is 2. The van der Waals surface area contributed by atoms with Gasteiger partial charge in [-0.3, -0.25) is 4.79 Å². The van der Waals surface area contributed by atoms with Gasteiger partial charge in [-0.05, 0) is 49.1 Å². The molecule has 3 N–H and O–H groups in total. The molecule has 31 heavy (non-hydrogen) atoms. The van der Waals surface area contributed by atoms with E-state index >= 15 is 0 Å². The van der Waals surface area contributed by atoms with Crippen LogP contribution in [0.15, 0.2) is 42.5 Å². The Balaban J connectivity index is 0.000000455. The zero-order chi connectivity index (χ0) is 23.4. The number of aryl methyl sites for hydroxylation is 1.